The Hall–Kier alpha value is 2.33. The van der Waals surface area contributed by atoms with Gasteiger partial charge in [-0.05, 0) is 7.05 Å². The fraction of sp³-hybridized carbons (Fsp3) is 1.00. The van der Waals surface area contributed by atoms with Crippen LogP contribution in [0.15, 0.2) is 4.52 Å². The van der Waals surface area contributed by atoms with Crippen molar-refractivity contribution in [1.82, 2.24) is 19.1 Å². The molecule has 2 spiro atoms. The third-order valence-corrected chi connectivity index (χ3v) is 30.9. The van der Waals surface area contributed by atoms with E-state index in [9.17, 15) is 0 Å². The number of hydrogen-bond acceptors (Lipinski definition) is 9. The quantitative estimate of drug-likeness (QED) is 0.644. The van der Waals surface area contributed by atoms with Gasteiger partial charge < -0.3 is 0 Å². The summed E-state index contributed by atoms with van der Waals surface area (Å²) >= 11 is 8.13. The van der Waals surface area contributed by atoms with Crippen LogP contribution in [0.4, 0.5) is 0 Å². The first kappa shape index (κ1) is 17.2. The highest BCUT2D eigenvalue weighted by Gasteiger charge is 2.68. The highest BCUT2D eigenvalue weighted by Crippen LogP contribution is 2.94. The molecule has 2 saturated heterocycles. The molecule has 12 heteroatoms. The molecular weight excluding hydrogens is 387 g/mol. The van der Waals surface area contributed by atoms with Crippen molar-refractivity contribution >= 4 is 65.0 Å². The Labute approximate surface area is 139 Å². The number of hydrogen-bond donors (Lipinski definition) is 2. The lowest BCUT2D eigenvalue weighted by Crippen LogP contribution is -2.32. The maximum Gasteiger partial charge on any atom is 0.373 e. The van der Waals surface area contributed by atoms with Gasteiger partial charge >= 0.3 is 12.9 Å². The molecule has 0 aromatic carbocycles. The molecule has 2 atom stereocenters. The van der Waals surface area contributed by atoms with E-state index in [1.54, 1.807) is 0 Å². The van der Waals surface area contributed by atoms with Crippen LogP contribution in [0.3, 0.4) is 0 Å². The van der Waals surface area contributed by atoms with Gasteiger partial charge in [-0.3, -0.25) is 0 Å². The summed E-state index contributed by atoms with van der Waals surface area (Å²) in [5.74, 6) is 0.970. The van der Waals surface area contributed by atoms with Gasteiger partial charge in [0.05, 0.1) is 46.4 Å². The van der Waals surface area contributed by atoms with E-state index in [-0.39, 0.29) is 0 Å². The van der Waals surface area contributed by atoms with Crippen molar-refractivity contribution in [2.24, 2.45) is 4.52 Å². The molecule has 2 fully saturated rings. The molecule has 0 aromatic heterocycles. The molecule has 3 aliphatic heterocycles. The monoisotopic (exact) mass is 409 g/mol. The number of nitrogens with one attached hydrogen (secondary N) is 2. The van der Waals surface area contributed by atoms with Crippen molar-refractivity contribution in [3.8, 4) is 0 Å². The summed E-state index contributed by atoms with van der Waals surface area (Å²) in [7, 11) is 4.50. The highest BCUT2D eigenvalue weighted by atomic mass is 33.1. The summed E-state index contributed by atoms with van der Waals surface area (Å²) in [4.78, 5) is 8.02. The van der Waals surface area contributed by atoms with Gasteiger partial charge in [-0.25, -0.2) is 4.67 Å². The fourth-order valence-corrected chi connectivity index (χ4v) is 36.1. The third-order valence-electron chi connectivity index (χ3n) is 3.58. The van der Waals surface area contributed by atoms with Crippen LogP contribution in [0.25, 0.3) is 0 Å². The molecule has 2 N–H and O–H groups in total. The van der Waals surface area contributed by atoms with Gasteiger partial charge in [0, 0.05) is 36.7 Å². The highest BCUT2D eigenvalue weighted by molar-refractivity contribution is 8.95. The van der Waals surface area contributed by atoms with Crippen molar-refractivity contribution < 1.29 is 0 Å². The Balaban J connectivity index is 2.09. The minimum Gasteiger partial charge on any atom is -0.247 e. The maximum atomic E-state index is 5.48. The smallest absolute Gasteiger partial charge is 0.247 e. The second kappa shape index (κ2) is 6.33. The summed E-state index contributed by atoms with van der Waals surface area (Å²) in [6.45, 7) is -0.845. The Morgan fingerprint density at radius 3 is 2.45 bits per heavy atom. The van der Waals surface area contributed by atoms with Crippen LogP contribution in [0.2, 0.25) is 0 Å². The SMILES string of the molecule is CS[P+]1(SC)NP2(=N[P+]3(N1)SCCN3C)SCCN2C. The molecule has 20 heavy (non-hydrogen) atoms. The van der Waals surface area contributed by atoms with Crippen LogP contribution in [0.1, 0.15) is 0 Å². The first-order valence-electron chi connectivity index (χ1n) is 6.35. The van der Waals surface area contributed by atoms with Crippen LogP contribution in [-0.2, 0) is 0 Å². The van der Waals surface area contributed by atoms with E-state index < -0.39 is 19.4 Å². The average molecular weight is 409 g/mol. The van der Waals surface area contributed by atoms with Crippen molar-refractivity contribution in [2.45, 2.75) is 0 Å². The van der Waals surface area contributed by atoms with E-state index in [4.69, 9.17) is 4.52 Å². The molecule has 0 aliphatic carbocycles. The Morgan fingerprint density at radius 2 is 1.95 bits per heavy atom. The molecule has 0 amide bonds. The predicted molar refractivity (Wildman–Crippen MR) is 107 cm³/mol. The van der Waals surface area contributed by atoms with Crippen molar-refractivity contribution in [2.75, 3.05) is 51.2 Å². The van der Waals surface area contributed by atoms with E-state index >= 15 is 0 Å². The van der Waals surface area contributed by atoms with Crippen molar-refractivity contribution in [1.29, 1.82) is 0 Å². The van der Waals surface area contributed by atoms with E-state index in [2.05, 4.69) is 68.4 Å². The molecule has 0 aromatic rings. The first-order valence-corrected chi connectivity index (χ1v) is 18.4. The fourth-order valence-electron chi connectivity index (χ4n) is 2.27. The zero-order chi connectivity index (χ0) is 14.4. The Kier molecular flexibility index (Phi) is 5.43. The molecule has 0 bridgehead atoms. The first-order chi connectivity index (χ1) is 9.50. The van der Waals surface area contributed by atoms with Gasteiger partial charge in [0.2, 0.25) is 6.56 Å². The van der Waals surface area contributed by atoms with Crippen LogP contribution in [0.5, 0.6) is 0 Å². The van der Waals surface area contributed by atoms with Gasteiger partial charge in [-0.2, -0.15) is 0 Å². The molecule has 3 rings (SSSR count). The van der Waals surface area contributed by atoms with E-state index in [1.807, 2.05) is 22.8 Å². The van der Waals surface area contributed by atoms with Gasteiger partial charge in [0.1, 0.15) is 0 Å². The van der Waals surface area contributed by atoms with Crippen LogP contribution < -0.4 is 9.72 Å². The summed E-state index contributed by atoms with van der Waals surface area (Å²) in [6, 6.07) is 0. The largest absolute Gasteiger partial charge is 0.373 e. The third kappa shape index (κ3) is 2.77. The number of rotatable bonds is 2. The lowest BCUT2D eigenvalue weighted by Gasteiger charge is -2.37. The normalized spacial score (nSPS) is 41.6. The summed E-state index contributed by atoms with van der Waals surface area (Å²) in [6.07, 6.45) is 4.48. The van der Waals surface area contributed by atoms with Crippen molar-refractivity contribution in [3.63, 3.8) is 0 Å². The molecule has 0 saturated carbocycles. The zero-order valence-corrected chi connectivity index (χ0v) is 18.1. The lowest BCUT2D eigenvalue weighted by molar-refractivity contribution is 0.583. The maximum absolute atomic E-state index is 5.48. The molecule has 0 radical (unpaired) electrons. The van der Waals surface area contributed by atoms with Crippen molar-refractivity contribution in [3.05, 3.63) is 0 Å². The van der Waals surface area contributed by atoms with Gasteiger partial charge in [-0.1, -0.05) is 20.8 Å². The zero-order valence-electron chi connectivity index (χ0n) is 12.1. The minimum absolute atomic E-state index is 1.16. The van der Waals surface area contributed by atoms with Gasteiger partial charge in [-0.15, -0.1) is 4.67 Å². The minimum atomic E-state index is -1.58. The van der Waals surface area contributed by atoms with Crippen LogP contribution in [-0.4, -0.2) is 60.5 Å². The Morgan fingerprint density at radius 1 is 1.20 bits per heavy atom. The molecule has 5 nitrogen and oxygen atoms in total. The number of nitrogens with zero attached hydrogens (tertiary/aromatic N) is 3. The average Bonchev–Trinajstić information content (AvgIpc) is 2.95. The van der Waals surface area contributed by atoms with Crippen LogP contribution >= 0.6 is 65.0 Å². The standard InChI is InChI=1S/C8H22N5P3S4/c1-12-5-7-19-14(12)9-15(13(2)6-8-20-15)11-16(10-14,17-3)18-4/h10-11H,5-8H2,1-4H3/q+2. The predicted octanol–water partition coefficient (Wildman–Crippen LogP) is 4.56. The van der Waals surface area contributed by atoms with E-state index in [0.717, 1.165) is 13.1 Å². The second-order valence-corrected chi connectivity index (χ2v) is 24.5. The summed E-state index contributed by atoms with van der Waals surface area (Å²) in [5.41, 5.74) is 0. The van der Waals surface area contributed by atoms with E-state index in [0.29, 0.717) is 0 Å². The molecule has 3 aliphatic rings. The second-order valence-electron chi connectivity index (χ2n) is 4.72. The van der Waals surface area contributed by atoms with Gasteiger partial charge in [0.15, 0.2) is 0 Å². The molecule has 116 valence electrons. The molecule has 2 unspecified atom stereocenters. The Bertz CT molecular complexity index is 450. The summed E-state index contributed by atoms with van der Waals surface area (Å²) < 4.78 is 10.5. The topological polar surface area (TPSA) is 42.9 Å². The summed E-state index contributed by atoms with van der Waals surface area (Å²) in [5, 5.41) is 0. The van der Waals surface area contributed by atoms with Crippen LogP contribution in [0, 0.1) is 0 Å². The lowest BCUT2D eigenvalue weighted by atomic mass is 10.8. The molecular formula is C8H22N5P3S4+2. The molecule has 3 heterocycles. The van der Waals surface area contributed by atoms with E-state index in [1.165, 1.54) is 11.5 Å². The van der Waals surface area contributed by atoms with Gasteiger partial charge in [0.25, 0.3) is 0 Å².